The van der Waals surface area contributed by atoms with Crippen molar-refractivity contribution in [1.82, 2.24) is 9.80 Å². The van der Waals surface area contributed by atoms with Gasteiger partial charge in [0.05, 0.1) is 0 Å². The standard InChI is InChI=1S/C11H27N3/c1-5-7-14(9-8-13(3)4)11(6-2)10-12/h11H,5-10,12H2,1-4H3. The second kappa shape index (κ2) is 8.21. The van der Waals surface area contributed by atoms with Crippen molar-refractivity contribution in [3.63, 3.8) is 0 Å². The van der Waals surface area contributed by atoms with Crippen LogP contribution in [0.1, 0.15) is 26.7 Å². The minimum absolute atomic E-state index is 0.565. The third-order valence-electron chi connectivity index (χ3n) is 2.60. The van der Waals surface area contributed by atoms with Crippen LogP contribution in [0.25, 0.3) is 0 Å². The Morgan fingerprint density at radius 2 is 1.71 bits per heavy atom. The summed E-state index contributed by atoms with van der Waals surface area (Å²) in [6, 6.07) is 0.565. The Labute approximate surface area is 89.2 Å². The molecule has 0 amide bonds. The molecule has 0 aliphatic rings. The summed E-state index contributed by atoms with van der Waals surface area (Å²) in [5.41, 5.74) is 5.77. The van der Waals surface area contributed by atoms with E-state index in [-0.39, 0.29) is 0 Å². The van der Waals surface area contributed by atoms with Gasteiger partial charge in [0.1, 0.15) is 0 Å². The van der Waals surface area contributed by atoms with Crippen LogP contribution in [0.15, 0.2) is 0 Å². The molecule has 0 heterocycles. The SMILES string of the molecule is CCCN(CCN(C)C)C(CC)CN. The summed E-state index contributed by atoms with van der Waals surface area (Å²) in [7, 11) is 4.24. The Morgan fingerprint density at radius 1 is 1.07 bits per heavy atom. The van der Waals surface area contributed by atoms with E-state index in [9.17, 15) is 0 Å². The normalized spacial score (nSPS) is 13.9. The maximum atomic E-state index is 5.77. The van der Waals surface area contributed by atoms with Crippen LogP contribution >= 0.6 is 0 Å². The Hall–Kier alpha value is -0.120. The maximum absolute atomic E-state index is 5.77. The van der Waals surface area contributed by atoms with Crippen LogP contribution in [0.2, 0.25) is 0 Å². The first kappa shape index (κ1) is 13.9. The quantitative estimate of drug-likeness (QED) is 0.636. The van der Waals surface area contributed by atoms with E-state index in [1.807, 2.05) is 0 Å². The second-order valence-corrected chi connectivity index (χ2v) is 4.14. The van der Waals surface area contributed by atoms with E-state index in [0.29, 0.717) is 6.04 Å². The Balaban J connectivity index is 3.98. The first-order valence-electron chi connectivity index (χ1n) is 5.74. The molecule has 0 aromatic rings. The van der Waals surface area contributed by atoms with Gasteiger partial charge in [-0.05, 0) is 33.5 Å². The fraction of sp³-hybridized carbons (Fsp3) is 1.00. The Bertz CT molecular complexity index is 122. The number of nitrogens with two attached hydrogens (primary N) is 1. The van der Waals surface area contributed by atoms with Crippen molar-refractivity contribution in [2.24, 2.45) is 5.73 Å². The fourth-order valence-corrected chi connectivity index (χ4v) is 1.67. The molecule has 0 spiro atoms. The number of nitrogens with zero attached hydrogens (tertiary/aromatic N) is 2. The molecular formula is C11H27N3. The lowest BCUT2D eigenvalue weighted by molar-refractivity contribution is 0.177. The van der Waals surface area contributed by atoms with Crippen molar-refractivity contribution < 1.29 is 0 Å². The third kappa shape index (κ3) is 5.58. The van der Waals surface area contributed by atoms with E-state index >= 15 is 0 Å². The molecule has 14 heavy (non-hydrogen) atoms. The average Bonchev–Trinajstić information content (AvgIpc) is 2.15. The summed E-state index contributed by atoms with van der Waals surface area (Å²) in [6.07, 6.45) is 2.37. The molecule has 0 saturated carbocycles. The molecule has 0 aliphatic carbocycles. The van der Waals surface area contributed by atoms with Crippen molar-refractivity contribution >= 4 is 0 Å². The van der Waals surface area contributed by atoms with Gasteiger partial charge in [-0.25, -0.2) is 0 Å². The summed E-state index contributed by atoms with van der Waals surface area (Å²) >= 11 is 0. The molecule has 0 saturated heterocycles. The first-order valence-corrected chi connectivity index (χ1v) is 5.74. The summed E-state index contributed by atoms with van der Waals surface area (Å²) in [5.74, 6) is 0. The van der Waals surface area contributed by atoms with E-state index in [1.54, 1.807) is 0 Å². The van der Waals surface area contributed by atoms with E-state index in [2.05, 4.69) is 37.7 Å². The lowest BCUT2D eigenvalue weighted by atomic mass is 10.2. The van der Waals surface area contributed by atoms with E-state index in [1.165, 1.54) is 13.0 Å². The van der Waals surface area contributed by atoms with Gasteiger partial charge < -0.3 is 10.6 Å². The Kier molecular flexibility index (Phi) is 8.14. The lowest BCUT2D eigenvalue weighted by Crippen LogP contribution is -2.43. The Morgan fingerprint density at radius 3 is 2.07 bits per heavy atom. The van der Waals surface area contributed by atoms with Crippen molar-refractivity contribution in [1.29, 1.82) is 0 Å². The zero-order chi connectivity index (χ0) is 11.0. The van der Waals surface area contributed by atoms with Gasteiger partial charge in [0, 0.05) is 25.7 Å². The molecule has 0 aliphatic heterocycles. The third-order valence-corrected chi connectivity index (χ3v) is 2.60. The van der Waals surface area contributed by atoms with Gasteiger partial charge in [-0.1, -0.05) is 13.8 Å². The molecule has 0 radical (unpaired) electrons. The van der Waals surface area contributed by atoms with E-state index < -0.39 is 0 Å². The van der Waals surface area contributed by atoms with Crippen LogP contribution in [0.5, 0.6) is 0 Å². The van der Waals surface area contributed by atoms with Crippen molar-refractivity contribution in [2.45, 2.75) is 32.7 Å². The first-order chi connectivity index (χ1) is 6.65. The molecule has 0 fully saturated rings. The highest BCUT2D eigenvalue weighted by Crippen LogP contribution is 2.03. The van der Waals surface area contributed by atoms with Gasteiger partial charge in [0.25, 0.3) is 0 Å². The summed E-state index contributed by atoms with van der Waals surface area (Å²) in [5, 5.41) is 0. The molecule has 2 N–H and O–H groups in total. The zero-order valence-electron chi connectivity index (χ0n) is 10.3. The van der Waals surface area contributed by atoms with Crippen molar-refractivity contribution in [3.05, 3.63) is 0 Å². The lowest BCUT2D eigenvalue weighted by Gasteiger charge is -2.30. The topological polar surface area (TPSA) is 32.5 Å². The van der Waals surface area contributed by atoms with Crippen LogP contribution in [-0.2, 0) is 0 Å². The highest BCUT2D eigenvalue weighted by atomic mass is 15.2. The van der Waals surface area contributed by atoms with Crippen molar-refractivity contribution in [2.75, 3.05) is 40.3 Å². The fourth-order valence-electron chi connectivity index (χ4n) is 1.67. The molecule has 0 aromatic carbocycles. The van der Waals surface area contributed by atoms with Crippen LogP contribution in [0.4, 0.5) is 0 Å². The molecule has 1 atom stereocenters. The van der Waals surface area contributed by atoms with Gasteiger partial charge in [-0.15, -0.1) is 0 Å². The zero-order valence-corrected chi connectivity index (χ0v) is 10.3. The highest BCUT2D eigenvalue weighted by Gasteiger charge is 2.13. The van der Waals surface area contributed by atoms with Gasteiger partial charge in [0.15, 0.2) is 0 Å². The molecular weight excluding hydrogens is 174 g/mol. The van der Waals surface area contributed by atoms with Gasteiger partial charge in [-0.2, -0.15) is 0 Å². The van der Waals surface area contributed by atoms with Gasteiger partial charge in [0.2, 0.25) is 0 Å². The highest BCUT2D eigenvalue weighted by molar-refractivity contribution is 4.71. The number of rotatable bonds is 8. The number of hydrogen-bond acceptors (Lipinski definition) is 3. The molecule has 3 nitrogen and oxygen atoms in total. The van der Waals surface area contributed by atoms with Gasteiger partial charge >= 0.3 is 0 Å². The number of hydrogen-bond donors (Lipinski definition) is 1. The number of likely N-dealkylation sites (N-methyl/N-ethyl adjacent to an activating group) is 1. The molecule has 86 valence electrons. The van der Waals surface area contributed by atoms with Crippen LogP contribution in [-0.4, -0.2) is 56.1 Å². The van der Waals surface area contributed by atoms with E-state index in [0.717, 1.165) is 26.1 Å². The smallest absolute Gasteiger partial charge is 0.0216 e. The maximum Gasteiger partial charge on any atom is 0.0216 e. The molecule has 3 heteroatoms. The summed E-state index contributed by atoms with van der Waals surface area (Å²) < 4.78 is 0. The van der Waals surface area contributed by atoms with Crippen LogP contribution < -0.4 is 5.73 Å². The minimum atomic E-state index is 0.565. The second-order valence-electron chi connectivity index (χ2n) is 4.14. The van der Waals surface area contributed by atoms with Crippen LogP contribution in [0.3, 0.4) is 0 Å². The molecule has 0 bridgehead atoms. The monoisotopic (exact) mass is 201 g/mol. The van der Waals surface area contributed by atoms with Gasteiger partial charge in [-0.3, -0.25) is 4.90 Å². The molecule has 0 rings (SSSR count). The largest absolute Gasteiger partial charge is 0.329 e. The summed E-state index contributed by atoms with van der Waals surface area (Å²) in [4.78, 5) is 4.74. The summed E-state index contributed by atoms with van der Waals surface area (Å²) in [6.45, 7) is 8.66. The molecule has 0 aromatic heterocycles. The minimum Gasteiger partial charge on any atom is -0.329 e. The van der Waals surface area contributed by atoms with Crippen molar-refractivity contribution in [3.8, 4) is 0 Å². The van der Waals surface area contributed by atoms with E-state index in [4.69, 9.17) is 5.73 Å². The predicted molar refractivity (Wildman–Crippen MR) is 63.6 cm³/mol. The predicted octanol–water partition coefficient (Wildman–Crippen LogP) is 0.997. The molecule has 1 unspecified atom stereocenters. The average molecular weight is 201 g/mol. The van der Waals surface area contributed by atoms with Crippen LogP contribution in [0, 0.1) is 0 Å².